The van der Waals surface area contributed by atoms with Gasteiger partial charge >= 0.3 is 12.0 Å². The lowest BCUT2D eigenvalue weighted by atomic mass is 10.1. The van der Waals surface area contributed by atoms with Gasteiger partial charge in [0, 0.05) is 19.6 Å². The Morgan fingerprint density at radius 2 is 2.00 bits per heavy atom. The highest BCUT2D eigenvalue weighted by Crippen LogP contribution is 2.21. The molecule has 0 spiro atoms. The second kappa shape index (κ2) is 6.18. The number of carbonyl (C=O) groups excluding carboxylic acids is 1. The summed E-state index contributed by atoms with van der Waals surface area (Å²) in [4.78, 5) is 26.4. The van der Waals surface area contributed by atoms with Crippen LogP contribution in [0.3, 0.4) is 0 Å². The molecule has 8 nitrogen and oxygen atoms in total. The summed E-state index contributed by atoms with van der Waals surface area (Å²) in [6.45, 7) is 1.71. The average Bonchev–Trinajstić information content (AvgIpc) is 2.85. The molecule has 0 aromatic carbocycles. The first-order chi connectivity index (χ1) is 9.82. The van der Waals surface area contributed by atoms with Crippen molar-refractivity contribution in [2.45, 2.75) is 18.9 Å². The number of hydrogen-bond donors (Lipinski definition) is 2. The molecule has 0 aromatic heterocycles. The molecule has 120 valence electrons. The van der Waals surface area contributed by atoms with Crippen molar-refractivity contribution in [1.29, 1.82) is 0 Å². The molecule has 2 amide bonds. The average molecular weight is 319 g/mol. The molecule has 2 fully saturated rings. The standard InChI is InChI=1S/C12H21N3O5S/c13-6-9-1-2-14(7-9)12(18)15-3-4-21(19,20)8-10(15)5-11(16)17/h9-10H,1-8,13H2,(H,16,17). The quantitative estimate of drug-likeness (QED) is 0.685. The molecule has 2 aliphatic heterocycles. The van der Waals surface area contributed by atoms with Gasteiger partial charge in [-0.05, 0) is 18.9 Å². The van der Waals surface area contributed by atoms with Crippen molar-refractivity contribution >= 4 is 21.8 Å². The monoisotopic (exact) mass is 319 g/mol. The molecule has 2 unspecified atom stereocenters. The zero-order valence-corrected chi connectivity index (χ0v) is 12.6. The lowest BCUT2D eigenvalue weighted by molar-refractivity contribution is -0.138. The van der Waals surface area contributed by atoms with Crippen LogP contribution in [0, 0.1) is 5.92 Å². The topological polar surface area (TPSA) is 121 Å². The Bertz CT molecular complexity index is 521. The molecule has 0 saturated carbocycles. The van der Waals surface area contributed by atoms with Crippen LogP contribution in [-0.2, 0) is 14.6 Å². The van der Waals surface area contributed by atoms with Crippen LogP contribution in [0.5, 0.6) is 0 Å². The minimum atomic E-state index is -3.28. The van der Waals surface area contributed by atoms with Crippen LogP contribution in [0.15, 0.2) is 0 Å². The Kier molecular flexibility index (Phi) is 4.72. The van der Waals surface area contributed by atoms with Gasteiger partial charge in [0.15, 0.2) is 9.84 Å². The van der Waals surface area contributed by atoms with E-state index in [0.29, 0.717) is 19.6 Å². The van der Waals surface area contributed by atoms with Crippen LogP contribution in [-0.4, -0.2) is 79.1 Å². The van der Waals surface area contributed by atoms with Gasteiger partial charge in [0.05, 0.1) is 24.0 Å². The summed E-state index contributed by atoms with van der Waals surface area (Å²) in [5.41, 5.74) is 5.59. The SMILES string of the molecule is NCC1CCN(C(=O)N2CCS(=O)(=O)CC2CC(=O)O)C1. The Labute approximate surface area is 123 Å². The maximum atomic E-state index is 12.5. The Hall–Kier alpha value is -1.35. The van der Waals surface area contributed by atoms with Gasteiger partial charge in [-0.3, -0.25) is 4.79 Å². The molecule has 21 heavy (non-hydrogen) atoms. The van der Waals surface area contributed by atoms with E-state index in [0.717, 1.165) is 6.42 Å². The lowest BCUT2D eigenvalue weighted by Crippen LogP contribution is -2.55. The van der Waals surface area contributed by atoms with Crippen molar-refractivity contribution in [3.63, 3.8) is 0 Å². The number of nitrogens with two attached hydrogens (primary N) is 1. The summed E-state index contributed by atoms with van der Waals surface area (Å²) in [6, 6.07) is -1.06. The van der Waals surface area contributed by atoms with Crippen molar-refractivity contribution < 1.29 is 23.1 Å². The smallest absolute Gasteiger partial charge is 0.320 e. The number of sulfone groups is 1. The molecular weight excluding hydrogens is 298 g/mol. The number of hydrogen-bond acceptors (Lipinski definition) is 5. The molecule has 2 rings (SSSR count). The number of carbonyl (C=O) groups is 2. The fraction of sp³-hybridized carbons (Fsp3) is 0.833. The lowest BCUT2D eigenvalue weighted by Gasteiger charge is -2.37. The van der Waals surface area contributed by atoms with Crippen LogP contribution < -0.4 is 5.73 Å². The third kappa shape index (κ3) is 3.85. The first-order valence-corrected chi connectivity index (χ1v) is 8.82. The highest BCUT2D eigenvalue weighted by atomic mass is 32.2. The number of urea groups is 1. The summed E-state index contributed by atoms with van der Waals surface area (Å²) in [6.07, 6.45) is 0.483. The van der Waals surface area contributed by atoms with Crippen LogP contribution in [0.2, 0.25) is 0 Å². The van der Waals surface area contributed by atoms with E-state index in [1.165, 1.54) is 4.90 Å². The summed E-state index contributed by atoms with van der Waals surface area (Å²) in [5.74, 6) is -1.22. The van der Waals surface area contributed by atoms with Crippen LogP contribution in [0.4, 0.5) is 4.79 Å². The minimum Gasteiger partial charge on any atom is -0.481 e. The van der Waals surface area contributed by atoms with E-state index in [1.54, 1.807) is 4.90 Å². The number of likely N-dealkylation sites (tertiary alicyclic amines) is 1. The maximum absolute atomic E-state index is 12.5. The summed E-state index contributed by atoms with van der Waals surface area (Å²) in [7, 11) is -3.28. The second-order valence-corrected chi connectivity index (χ2v) is 7.91. The van der Waals surface area contributed by atoms with Crippen LogP contribution in [0.1, 0.15) is 12.8 Å². The van der Waals surface area contributed by atoms with Gasteiger partial charge in [-0.25, -0.2) is 13.2 Å². The molecule has 0 aliphatic carbocycles. The predicted octanol–water partition coefficient (Wildman–Crippen LogP) is -1.04. The van der Waals surface area contributed by atoms with E-state index in [-0.39, 0.29) is 36.4 Å². The van der Waals surface area contributed by atoms with Gasteiger partial charge in [0.1, 0.15) is 0 Å². The van der Waals surface area contributed by atoms with Crippen LogP contribution >= 0.6 is 0 Å². The normalized spacial score (nSPS) is 28.6. The third-order valence-electron chi connectivity index (χ3n) is 4.08. The summed E-state index contributed by atoms with van der Waals surface area (Å²) >= 11 is 0. The zero-order chi connectivity index (χ0) is 15.6. The van der Waals surface area contributed by atoms with Gasteiger partial charge in [-0.15, -0.1) is 0 Å². The Morgan fingerprint density at radius 3 is 2.57 bits per heavy atom. The highest BCUT2D eigenvalue weighted by Gasteiger charge is 2.38. The molecule has 2 aliphatic rings. The van der Waals surface area contributed by atoms with Gasteiger partial charge < -0.3 is 20.6 Å². The van der Waals surface area contributed by atoms with E-state index >= 15 is 0 Å². The molecule has 9 heteroatoms. The molecule has 2 atom stereocenters. The van der Waals surface area contributed by atoms with Gasteiger partial charge in [0.25, 0.3) is 0 Å². The van der Waals surface area contributed by atoms with E-state index in [9.17, 15) is 18.0 Å². The van der Waals surface area contributed by atoms with Gasteiger partial charge in [-0.2, -0.15) is 0 Å². The molecule has 0 bridgehead atoms. The number of amides is 2. The highest BCUT2D eigenvalue weighted by molar-refractivity contribution is 7.91. The van der Waals surface area contributed by atoms with E-state index in [1.807, 2.05) is 0 Å². The summed E-state index contributed by atoms with van der Waals surface area (Å²) < 4.78 is 23.3. The third-order valence-corrected chi connectivity index (χ3v) is 5.77. The van der Waals surface area contributed by atoms with Crippen molar-refractivity contribution in [2.75, 3.05) is 37.7 Å². The van der Waals surface area contributed by atoms with E-state index < -0.39 is 21.8 Å². The fourth-order valence-corrected chi connectivity index (χ4v) is 4.41. The molecule has 0 radical (unpaired) electrons. The van der Waals surface area contributed by atoms with Crippen molar-refractivity contribution in [1.82, 2.24) is 9.80 Å². The first-order valence-electron chi connectivity index (χ1n) is 7.00. The number of carboxylic acids is 1. The van der Waals surface area contributed by atoms with E-state index in [4.69, 9.17) is 10.8 Å². The fourth-order valence-electron chi connectivity index (χ4n) is 2.89. The minimum absolute atomic E-state index is 0.0584. The molecule has 2 saturated heterocycles. The van der Waals surface area contributed by atoms with Crippen molar-refractivity contribution in [3.8, 4) is 0 Å². The van der Waals surface area contributed by atoms with E-state index in [2.05, 4.69) is 0 Å². The molecular formula is C12H21N3O5S. The first kappa shape index (κ1) is 16.0. The molecule has 3 N–H and O–H groups in total. The number of carboxylic acid groups (broad SMARTS) is 1. The maximum Gasteiger partial charge on any atom is 0.320 e. The Balaban J connectivity index is 2.08. The van der Waals surface area contributed by atoms with Gasteiger partial charge in [0.2, 0.25) is 0 Å². The molecule has 0 aromatic rings. The summed E-state index contributed by atoms with van der Waals surface area (Å²) in [5, 5.41) is 8.92. The van der Waals surface area contributed by atoms with Gasteiger partial charge in [-0.1, -0.05) is 0 Å². The molecule has 2 heterocycles. The number of rotatable bonds is 3. The van der Waals surface area contributed by atoms with Crippen molar-refractivity contribution in [2.24, 2.45) is 11.7 Å². The van der Waals surface area contributed by atoms with Crippen molar-refractivity contribution in [3.05, 3.63) is 0 Å². The Morgan fingerprint density at radius 1 is 1.29 bits per heavy atom. The second-order valence-electron chi connectivity index (χ2n) is 5.68. The number of nitrogens with zero attached hydrogens (tertiary/aromatic N) is 2. The van der Waals surface area contributed by atoms with Crippen LogP contribution in [0.25, 0.3) is 0 Å². The predicted molar refractivity (Wildman–Crippen MR) is 75.5 cm³/mol. The number of aliphatic carboxylic acids is 1. The largest absolute Gasteiger partial charge is 0.481 e. The zero-order valence-electron chi connectivity index (χ0n) is 11.8.